The Morgan fingerprint density at radius 3 is 1.43 bits per heavy atom. The van der Waals surface area contributed by atoms with Crippen LogP contribution in [0.3, 0.4) is 0 Å². The summed E-state index contributed by atoms with van der Waals surface area (Å²) < 4.78 is 0. The topological polar surface area (TPSA) is 80.3 Å². The Kier molecular flexibility index (Phi) is 8.89. The summed E-state index contributed by atoms with van der Waals surface area (Å²) in [5, 5.41) is 21.4. The summed E-state index contributed by atoms with van der Waals surface area (Å²) in [5.41, 5.74) is -1.79. The van der Waals surface area contributed by atoms with E-state index in [0.29, 0.717) is 12.8 Å². The van der Waals surface area contributed by atoms with Crippen molar-refractivity contribution in [3.63, 3.8) is 0 Å². The van der Waals surface area contributed by atoms with Gasteiger partial charge in [0, 0.05) is 5.41 Å². The molecule has 0 fully saturated rings. The van der Waals surface area contributed by atoms with Crippen LogP contribution in [0.25, 0.3) is 0 Å². The summed E-state index contributed by atoms with van der Waals surface area (Å²) in [5.74, 6) is -3.06. The van der Waals surface area contributed by atoms with Crippen LogP contribution in [0.5, 0.6) is 0 Å². The summed E-state index contributed by atoms with van der Waals surface area (Å²) in [6.45, 7) is 3.46. The molecule has 0 saturated heterocycles. The first kappa shape index (κ1) is 16.6. The summed E-state index contributed by atoms with van der Waals surface area (Å²) in [6, 6.07) is 0. The van der Waals surface area contributed by atoms with Gasteiger partial charge in [0.05, 0.1) is 11.9 Å². The van der Waals surface area contributed by atoms with Crippen molar-refractivity contribution in [1.29, 1.82) is 0 Å². The van der Waals surface area contributed by atoms with Crippen molar-refractivity contribution in [2.24, 2.45) is 5.41 Å². The van der Waals surface area contributed by atoms with Crippen molar-refractivity contribution in [3.05, 3.63) is 0 Å². The Morgan fingerprint density at radius 1 is 1.00 bits per heavy atom. The van der Waals surface area contributed by atoms with Crippen LogP contribution in [0, 0.1) is 5.41 Å². The van der Waals surface area contributed by atoms with Crippen LogP contribution < -0.4 is 10.2 Å². The molecule has 0 N–H and O–H groups in total. The first-order chi connectivity index (χ1) is 6.01. The van der Waals surface area contributed by atoms with E-state index >= 15 is 0 Å². The van der Waals surface area contributed by atoms with E-state index in [1.165, 1.54) is 0 Å². The van der Waals surface area contributed by atoms with Crippen LogP contribution in [0.4, 0.5) is 0 Å². The predicted octanol–water partition coefficient (Wildman–Crippen LogP) is -1.31. The molecule has 0 aliphatic rings. The number of carboxylic acids is 2. The molecule has 0 rings (SSSR count). The van der Waals surface area contributed by atoms with Crippen LogP contribution in [0.1, 0.15) is 39.5 Å². The van der Waals surface area contributed by atoms with Gasteiger partial charge in [-0.15, -0.1) is 0 Å². The van der Waals surface area contributed by atoms with Crippen LogP contribution in [0.2, 0.25) is 0 Å². The number of hydrogen-bond donors (Lipinski definition) is 0. The number of hydrogen-bond acceptors (Lipinski definition) is 4. The maximum Gasteiger partial charge on any atom is 2.00 e. The molecule has 76 valence electrons. The van der Waals surface area contributed by atoms with Crippen molar-refractivity contribution in [2.45, 2.75) is 39.5 Å². The Balaban J connectivity index is 0. The molecule has 4 nitrogen and oxygen atoms in total. The molecule has 0 aromatic carbocycles. The summed E-state index contributed by atoms with van der Waals surface area (Å²) in [4.78, 5) is 21.4. The molecular weight excluding hydrogens is 212 g/mol. The molecule has 0 spiro atoms. The van der Waals surface area contributed by atoms with Gasteiger partial charge < -0.3 is 19.8 Å². The number of carbonyl (C=O) groups excluding carboxylic acids is 2. The normalized spacial score (nSPS) is 10.4. The van der Waals surface area contributed by atoms with Crippen molar-refractivity contribution in [3.8, 4) is 0 Å². The van der Waals surface area contributed by atoms with E-state index in [1.54, 1.807) is 13.8 Å². The maximum absolute atomic E-state index is 10.7. The van der Waals surface area contributed by atoms with Gasteiger partial charge in [0.2, 0.25) is 0 Å². The fourth-order valence-corrected chi connectivity index (χ4v) is 1.47. The molecule has 0 aromatic rings. The van der Waals surface area contributed by atoms with Gasteiger partial charge >= 0.3 is 37.7 Å². The molecule has 14 heavy (non-hydrogen) atoms. The zero-order chi connectivity index (χ0) is 10.5. The predicted molar refractivity (Wildman–Crippen MR) is 48.0 cm³/mol. The maximum atomic E-state index is 10.7. The van der Waals surface area contributed by atoms with Gasteiger partial charge in [-0.3, -0.25) is 0 Å². The van der Waals surface area contributed by atoms with E-state index in [1.807, 2.05) is 0 Å². The Bertz CT molecular complexity index is 181. The molecule has 0 heterocycles. The fraction of sp³-hybridized carbons (Fsp3) is 0.778. The van der Waals surface area contributed by atoms with E-state index in [9.17, 15) is 19.8 Å². The van der Waals surface area contributed by atoms with Crippen molar-refractivity contribution < 1.29 is 19.8 Å². The summed E-state index contributed by atoms with van der Waals surface area (Å²) in [6.07, 6.45) is 1.13. The molecule has 0 aromatic heterocycles. The van der Waals surface area contributed by atoms with E-state index < -0.39 is 17.4 Å². The standard InChI is InChI=1S/C9H16O4.Ca/c1-3-5-9(6-4-2,7(10)11)8(12)13;/h3-6H2,1-2H3,(H,10,11)(H,12,13);/q;+2/p-2. The van der Waals surface area contributed by atoms with Gasteiger partial charge in [0.15, 0.2) is 0 Å². The van der Waals surface area contributed by atoms with Crippen LogP contribution >= 0.6 is 0 Å². The van der Waals surface area contributed by atoms with Gasteiger partial charge in [-0.05, 0) is 12.8 Å². The van der Waals surface area contributed by atoms with Gasteiger partial charge in [-0.1, -0.05) is 26.7 Å². The molecular formula is C9H14CaO4. The SMILES string of the molecule is CCCC(CCC)(C(=O)[O-])C(=O)[O-].[Ca+2]. The third-order valence-corrected chi connectivity index (χ3v) is 2.14. The molecule has 0 amide bonds. The molecule has 0 bridgehead atoms. The smallest absolute Gasteiger partial charge is 0.549 e. The summed E-state index contributed by atoms with van der Waals surface area (Å²) in [7, 11) is 0. The third kappa shape index (κ3) is 3.75. The molecule has 0 unspecified atom stereocenters. The quantitative estimate of drug-likeness (QED) is 0.416. The molecule has 0 saturated carbocycles. The van der Waals surface area contributed by atoms with E-state index in [2.05, 4.69) is 0 Å². The Morgan fingerprint density at radius 2 is 1.29 bits per heavy atom. The average Bonchev–Trinajstić information content (AvgIpc) is 2.03. The van der Waals surface area contributed by atoms with Crippen molar-refractivity contribution in [1.82, 2.24) is 0 Å². The number of carbonyl (C=O) groups is 2. The van der Waals surface area contributed by atoms with E-state index in [-0.39, 0.29) is 50.6 Å². The fourth-order valence-electron chi connectivity index (χ4n) is 1.47. The average molecular weight is 226 g/mol. The second kappa shape index (κ2) is 7.49. The molecule has 0 radical (unpaired) electrons. The van der Waals surface area contributed by atoms with Gasteiger partial charge in [-0.25, -0.2) is 0 Å². The zero-order valence-corrected chi connectivity index (χ0v) is 10.9. The monoisotopic (exact) mass is 226 g/mol. The minimum Gasteiger partial charge on any atom is -0.549 e. The van der Waals surface area contributed by atoms with Gasteiger partial charge in [-0.2, -0.15) is 0 Å². The van der Waals surface area contributed by atoms with Crippen LogP contribution in [0.15, 0.2) is 0 Å². The Labute approximate surface area is 114 Å². The minimum atomic E-state index is -1.79. The van der Waals surface area contributed by atoms with Crippen LogP contribution in [-0.4, -0.2) is 49.7 Å². The molecule has 0 aliphatic heterocycles. The first-order valence-corrected chi connectivity index (χ1v) is 4.44. The zero-order valence-electron chi connectivity index (χ0n) is 8.67. The van der Waals surface area contributed by atoms with Crippen molar-refractivity contribution >= 4 is 49.7 Å². The van der Waals surface area contributed by atoms with E-state index in [4.69, 9.17) is 0 Å². The second-order valence-electron chi connectivity index (χ2n) is 3.16. The number of rotatable bonds is 6. The van der Waals surface area contributed by atoms with Gasteiger partial charge in [0.25, 0.3) is 0 Å². The number of aliphatic carboxylic acids is 2. The molecule has 5 heteroatoms. The largest absolute Gasteiger partial charge is 2.00 e. The third-order valence-electron chi connectivity index (χ3n) is 2.14. The Hall–Kier alpha value is 0.200. The number of carboxylic acid groups (broad SMARTS) is 2. The van der Waals surface area contributed by atoms with Gasteiger partial charge in [0.1, 0.15) is 0 Å². The molecule has 0 aliphatic carbocycles. The van der Waals surface area contributed by atoms with Crippen molar-refractivity contribution in [2.75, 3.05) is 0 Å². The molecule has 0 atom stereocenters. The minimum absolute atomic E-state index is 0. The summed E-state index contributed by atoms with van der Waals surface area (Å²) >= 11 is 0. The van der Waals surface area contributed by atoms with Crippen LogP contribution in [-0.2, 0) is 9.59 Å². The second-order valence-corrected chi connectivity index (χ2v) is 3.16. The first-order valence-electron chi connectivity index (χ1n) is 4.44. The van der Waals surface area contributed by atoms with E-state index in [0.717, 1.165) is 0 Å².